The number of hydrogen-bond acceptors (Lipinski definition) is 6. The first-order valence-electron chi connectivity index (χ1n) is 9.02. The molecule has 154 valence electrons. The van der Waals surface area contributed by atoms with Gasteiger partial charge in [-0.15, -0.1) is 0 Å². The molecule has 0 unspecified atom stereocenters. The number of ether oxygens (including phenoxy) is 3. The Bertz CT molecular complexity index is 906. The summed E-state index contributed by atoms with van der Waals surface area (Å²) in [5, 5.41) is 2.82. The van der Waals surface area contributed by atoms with Gasteiger partial charge < -0.3 is 19.5 Å². The smallest absolute Gasteiger partial charge is 0.337 e. The summed E-state index contributed by atoms with van der Waals surface area (Å²) in [5.74, 6) is -0.208. The molecule has 0 radical (unpaired) electrons. The Morgan fingerprint density at radius 2 is 1.72 bits per heavy atom. The van der Waals surface area contributed by atoms with E-state index in [2.05, 4.69) is 15.0 Å². The number of rotatable bonds is 6. The molecule has 1 aliphatic carbocycles. The van der Waals surface area contributed by atoms with E-state index in [4.69, 9.17) is 32.7 Å². The average Bonchev–Trinajstić information content (AvgIpc) is 3.22. The number of nitrogens with zero attached hydrogens (tertiary/aromatic N) is 1. The van der Waals surface area contributed by atoms with Crippen LogP contribution in [0.1, 0.15) is 46.5 Å². The van der Waals surface area contributed by atoms with Crippen molar-refractivity contribution in [2.45, 2.75) is 31.8 Å². The third-order valence-corrected chi connectivity index (χ3v) is 5.18. The van der Waals surface area contributed by atoms with Crippen molar-refractivity contribution in [1.82, 2.24) is 4.98 Å². The molecule has 1 aromatic carbocycles. The van der Waals surface area contributed by atoms with Gasteiger partial charge in [0.05, 0.1) is 47.8 Å². The molecule has 7 nitrogen and oxygen atoms in total. The molecule has 0 bridgehead atoms. The lowest BCUT2D eigenvalue weighted by Crippen LogP contribution is -2.16. The Labute approximate surface area is 178 Å². The molecule has 29 heavy (non-hydrogen) atoms. The van der Waals surface area contributed by atoms with Gasteiger partial charge in [-0.25, -0.2) is 9.78 Å². The summed E-state index contributed by atoms with van der Waals surface area (Å²) in [5.41, 5.74) is 0.458. The fraction of sp³-hybridized carbons (Fsp3) is 0.350. The third-order valence-electron chi connectivity index (χ3n) is 4.58. The molecular weight excluding hydrogens is 419 g/mol. The maximum absolute atomic E-state index is 12.7. The number of esters is 1. The van der Waals surface area contributed by atoms with E-state index in [1.165, 1.54) is 38.6 Å². The summed E-state index contributed by atoms with van der Waals surface area (Å²) in [7, 11) is 2.76. The van der Waals surface area contributed by atoms with E-state index in [-0.39, 0.29) is 33.1 Å². The minimum atomic E-state index is -0.586. The van der Waals surface area contributed by atoms with Gasteiger partial charge in [-0.3, -0.25) is 4.79 Å². The van der Waals surface area contributed by atoms with E-state index >= 15 is 0 Å². The van der Waals surface area contributed by atoms with Crippen LogP contribution in [0.15, 0.2) is 24.4 Å². The number of hydrogen-bond donors (Lipinski definition) is 1. The summed E-state index contributed by atoms with van der Waals surface area (Å²) in [6.45, 7) is 0. The summed E-state index contributed by atoms with van der Waals surface area (Å²) in [6, 6.07) is 4.26. The van der Waals surface area contributed by atoms with Crippen LogP contribution in [0.3, 0.4) is 0 Å². The highest BCUT2D eigenvalue weighted by molar-refractivity contribution is 6.40. The van der Waals surface area contributed by atoms with Crippen LogP contribution in [0.4, 0.5) is 5.69 Å². The fourth-order valence-electron chi connectivity index (χ4n) is 3.09. The minimum Gasteiger partial charge on any atom is -0.491 e. The highest BCUT2D eigenvalue weighted by atomic mass is 35.5. The molecule has 1 amide bonds. The molecule has 1 N–H and O–H groups in total. The molecule has 0 spiro atoms. The SMILES string of the molecule is COC(=O)c1cc(Cl)c(NC(=O)c2cc(OC3CCCC3)c(OC)cn2)c(Cl)c1. The van der Waals surface area contributed by atoms with Crippen molar-refractivity contribution in [2.24, 2.45) is 0 Å². The highest BCUT2D eigenvalue weighted by Crippen LogP contribution is 2.34. The third kappa shape index (κ3) is 4.92. The average molecular weight is 439 g/mol. The lowest BCUT2D eigenvalue weighted by Gasteiger charge is -2.16. The number of carbonyl (C=O) groups is 2. The van der Waals surface area contributed by atoms with Gasteiger partial charge in [-0.05, 0) is 37.8 Å². The zero-order valence-electron chi connectivity index (χ0n) is 16.0. The Hall–Kier alpha value is -2.51. The van der Waals surface area contributed by atoms with Crippen LogP contribution in [-0.2, 0) is 4.74 Å². The topological polar surface area (TPSA) is 86.8 Å². The molecule has 1 aromatic heterocycles. The lowest BCUT2D eigenvalue weighted by atomic mass is 10.2. The van der Waals surface area contributed by atoms with Gasteiger partial charge in [-0.2, -0.15) is 0 Å². The van der Waals surface area contributed by atoms with Gasteiger partial charge in [-0.1, -0.05) is 23.2 Å². The van der Waals surface area contributed by atoms with E-state index in [9.17, 15) is 9.59 Å². The van der Waals surface area contributed by atoms with Gasteiger partial charge in [0.1, 0.15) is 5.69 Å². The van der Waals surface area contributed by atoms with E-state index in [1.54, 1.807) is 0 Å². The highest BCUT2D eigenvalue weighted by Gasteiger charge is 2.21. The number of pyridine rings is 1. The summed E-state index contributed by atoms with van der Waals surface area (Å²) in [4.78, 5) is 28.5. The van der Waals surface area contributed by atoms with Crippen molar-refractivity contribution in [1.29, 1.82) is 0 Å². The second-order valence-electron chi connectivity index (χ2n) is 6.51. The van der Waals surface area contributed by atoms with Crippen molar-refractivity contribution in [3.05, 3.63) is 45.7 Å². The molecule has 1 saturated carbocycles. The largest absolute Gasteiger partial charge is 0.491 e. The number of halogens is 2. The normalized spacial score (nSPS) is 13.8. The van der Waals surface area contributed by atoms with E-state index in [0.717, 1.165) is 25.7 Å². The van der Waals surface area contributed by atoms with E-state index in [1.807, 2.05) is 0 Å². The van der Waals surface area contributed by atoms with Crippen LogP contribution in [0, 0.1) is 0 Å². The first kappa shape index (κ1) is 21.2. The number of nitrogens with one attached hydrogen (secondary N) is 1. The summed E-state index contributed by atoms with van der Waals surface area (Å²) < 4.78 is 15.9. The number of amides is 1. The lowest BCUT2D eigenvalue weighted by molar-refractivity contribution is 0.0600. The van der Waals surface area contributed by atoms with Crippen LogP contribution < -0.4 is 14.8 Å². The quantitative estimate of drug-likeness (QED) is 0.654. The monoisotopic (exact) mass is 438 g/mol. The molecular formula is C20H20Cl2N2O5. The molecule has 1 fully saturated rings. The summed E-state index contributed by atoms with van der Waals surface area (Å²) >= 11 is 12.4. The van der Waals surface area contributed by atoms with E-state index < -0.39 is 11.9 Å². The number of benzene rings is 1. The van der Waals surface area contributed by atoms with Crippen molar-refractivity contribution >= 4 is 40.8 Å². The van der Waals surface area contributed by atoms with Crippen LogP contribution in [0.2, 0.25) is 10.0 Å². The predicted molar refractivity (Wildman–Crippen MR) is 109 cm³/mol. The molecule has 3 rings (SSSR count). The zero-order valence-corrected chi connectivity index (χ0v) is 17.5. The number of anilines is 1. The molecule has 0 atom stereocenters. The van der Waals surface area contributed by atoms with Crippen LogP contribution in [0.5, 0.6) is 11.5 Å². The number of aromatic nitrogens is 1. The molecule has 2 aromatic rings. The van der Waals surface area contributed by atoms with Gasteiger partial charge in [0.2, 0.25) is 0 Å². The number of carbonyl (C=O) groups excluding carboxylic acids is 2. The number of methoxy groups -OCH3 is 2. The van der Waals surface area contributed by atoms with Gasteiger partial charge in [0, 0.05) is 6.07 Å². The second-order valence-corrected chi connectivity index (χ2v) is 7.32. The first-order chi connectivity index (χ1) is 13.9. The molecule has 1 heterocycles. The van der Waals surface area contributed by atoms with Gasteiger partial charge in [0.25, 0.3) is 5.91 Å². The van der Waals surface area contributed by atoms with Gasteiger partial charge >= 0.3 is 5.97 Å². The molecule has 9 heteroatoms. The van der Waals surface area contributed by atoms with Crippen LogP contribution in [0.25, 0.3) is 0 Å². The Morgan fingerprint density at radius 1 is 1.07 bits per heavy atom. The minimum absolute atomic E-state index is 0.0944. The second kappa shape index (κ2) is 9.33. The predicted octanol–water partition coefficient (Wildman–Crippen LogP) is 4.76. The van der Waals surface area contributed by atoms with Gasteiger partial charge in [0.15, 0.2) is 11.5 Å². The summed E-state index contributed by atoms with van der Waals surface area (Å²) in [6.07, 6.45) is 5.68. The van der Waals surface area contributed by atoms with Crippen molar-refractivity contribution < 1.29 is 23.8 Å². The Kier molecular flexibility index (Phi) is 6.82. The maximum atomic E-state index is 12.7. The van der Waals surface area contributed by atoms with E-state index in [0.29, 0.717) is 11.5 Å². The standard InChI is InChI=1S/C20H20Cl2N2O5/c1-27-17-10-23-15(9-16(17)29-12-5-3-4-6-12)19(25)24-18-13(21)7-11(8-14(18)22)20(26)28-2/h7-10,12H,3-6H2,1-2H3,(H,24,25). The fourth-order valence-corrected chi connectivity index (χ4v) is 3.67. The first-order valence-corrected chi connectivity index (χ1v) is 9.78. The molecule has 0 saturated heterocycles. The zero-order chi connectivity index (χ0) is 21.0. The molecule has 1 aliphatic rings. The van der Waals surface area contributed by atoms with Crippen molar-refractivity contribution in [3.8, 4) is 11.5 Å². The van der Waals surface area contributed by atoms with Crippen LogP contribution >= 0.6 is 23.2 Å². The maximum Gasteiger partial charge on any atom is 0.337 e. The Balaban J connectivity index is 1.82. The molecule has 0 aliphatic heterocycles. The van der Waals surface area contributed by atoms with Crippen LogP contribution in [-0.4, -0.2) is 37.2 Å². The Morgan fingerprint density at radius 3 is 2.31 bits per heavy atom. The van der Waals surface area contributed by atoms with Crippen molar-refractivity contribution in [3.63, 3.8) is 0 Å². The van der Waals surface area contributed by atoms with Crippen molar-refractivity contribution in [2.75, 3.05) is 19.5 Å².